The van der Waals surface area contributed by atoms with Gasteiger partial charge in [-0.25, -0.2) is 0 Å². The number of aliphatic hydroxyl groups is 2. The Balaban J connectivity index is 4.06. The van der Waals surface area contributed by atoms with E-state index in [2.05, 4.69) is 6.58 Å². The Bertz CT molecular complexity index is 150. The fraction of sp³-hybridized carbons (Fsp3) is 0.143. The van der Waals surface area contributed by atoms with Crippen molar-refractivity contribution in [2.45, 2.75) is 6.92 Å². The summed E-state index contributed by atoms with van der Waals surface area (Å²) in [4.78, 5) is 0. The summed E-state index contributed by atoms with van der Waals surface area (Å²) in [6, 6.07) is 0. The highest BCUT2D eigenvalue weighted by molar-refractivity contribution is 5.16. The van der Waals surface area contributed by atoms with Crippen LogP contribution in [0.4, 0.5) is 0 Å². The summed E-state index contributed by atoms with van der Waals surface area (Å²) < 4.78 is 0. The maximum atomic E-state index is 8.75. The van der Waals surface area contributed by atoms with Crippen molar-refractivity contribution >= 4 is 0 Å². The molecule has 0 saturated heterocycles. The molecule has 2 heteroatoms. The Hall–Kier alpha value is -1.18. The van der Waals surface area contributed by atoms with Gasteiger partial charge in [-0.3, -0.25) is 0 Å². The van der Waals surface area contributed by atoms with Crippen molar-refractivity contribution in [2.24, 2.45) is 0 Å². The lowest BCUT2D eigenvalue weighted by Crippen LogP contribution is -1.79. The molecule has 2 nitrogen and oxygen atoms in total. The minimum absolute atomic E-state index is 0.0897. The third kappa shape index (κ3) is 3.41. The Kier molecular flexibility index (Phi) is 3.28. The molecule has 0 rings (SSSR count). The standard InChI is InChI=1S/C7H10O2/c1-3-4-5-7(9)6(2)8/h3-5,8-9H,1H2,2H3/b5-4-,7-6-. The van der Waals surface area contributed by atoms with Crippen LogP contribution in [0.5, 0.6) is 0 Å². The second kappa shape index (κ2) is 3.78. The first-order chi connectivity index (χ1) is 4.18. The summed E-state index contributed by atoms with van der Waals surface area (Å²) >= 11 is 0. The van der Waals surface area contributed by atoms with E-state index in [-0.39, 0.29) is 11.5 Å². The van der Waals surface area contributed by atoms with Crippen LogP contribution >= 0.6 is 0 Å². The summed E-state index contributed by atoms with van der Waals surface area (Å²) in [5, 5.41) is 17.3. The van der Waals surface area contributed by atoms with Crippen LogP contribution in [0.25, 0.3) is 0 Å². The first-order valence-corrected chi connectivity index (χ1v) is 2.56. The van der Waals surface area contributed by atoms with Crippen LogP contribution in [0.1, 0.15) is 6.92 Å². The van der Waals surface area contributed by atoms with Crippen LogP contribution in [0.2, 0.25) is 0 Å². The van der Waals surface area contributed by atoms with E-state index < -0.39 is 0 Å². The third-order valence-electron chi connectivity index (χ3n) is 0.761. The van der Waals surface area contributed by atoms with Gasteiger partial charge >= 0.3 is 0 Å². The molecule has 0 aromatic rings. The van der Waals surface area contributed by atoms with Crippen molar-refractivity contribution in [1.29, 1.82) is 0 Å². The molecule has 0 aliphatic carbocycles. The Morgan fingerprint density at radius 1 is 1.44 bits per heavy atom. The van der Waals surface area contributed by atoms with Crippen LogP contribution in [0.3, 0.4) is 0 Å². The molecule has 0 aliphatic heterocycles. The lowest BCUT2D eigenvalue weighted by Gasteiger charge is -1.89. The van der Waals surface area contributed by atoms with E-state index in [0.29, 0.717) is 0 Å². The fourth-order valence-corrected chi connectivity index (χ4v) is 0.280. The maximum absolute atomic E-state index is 8.75. The second-order valence-corrected chi connectivity index (χ2v) is 1.57. The molecule has 0 atom stereocenters. The normalized spacial score (nSPS) is 13.4. The Labute approximate surface area is 54.4 Å². The average molecular weight is 126 g/mol. The van der Waals surface area contributed by atoms with Gasteiger partial charge in [0.25, 0.3) is 0 Å². The monoisotopic (exact) mass is 126 g/mol. The van der Waals surface area contributed by atoms with Crippen molar-refractivity contribution in [3.05, 3.63) is 36.3 Å². The number of allylic oxidation sites excluding steroid dienone is 4. The molecule has 0 aromatic carbocycles. The van der Waals surface area contributed by atoms with Gasteiger partial charge in [-0.05, 0) is 13.0 Å². The highest BCUT2D eigenvalue weighted by Crippen LogP contribution is 1.96. The van der Waals surface area contributed by atoms with Gasteiger partial charge in [0.15, 0.2) is 5.76 Å². The highest BCUT2D eigenvalue weighted by Gasteiger charge is 1.87. The molecular formula is C7H10O2. The van der Waals surface area contributed by atoms with E-state index in [9.17, 15) is 0 Å². The van der Waals surface area contributed by atoms with Gasteiger partial charge in [0, 0.05) is 0 Å². The predicted octanol–water partition coefficient (Wildman–Crippen LogP) is 2.08. The van der Waals surface area contributed by atoms with Gasteiger partial charge in [-0.1, -0.05) is 18.7 Å². The Morgan fingerprint density at radius 3 is 2.33 bits per heavy atom. The lowest BCUT2D eigenvalue weighted by molar-refractivity contribution is 0.340. The van der Waals surface area contributed by atoms with Gasteiger partial charge in [0.2, 0.25) is 0 Å². The fourth-order valence-electron chi connectivity index (χ4n) is 0.280. The van der Waals surface area contributed by atoms with Crippen molar-refractivity contribution in [2.75, 3.05) is 0 Å². The molecule has 9 heavy (non-hydrogen) atoms. The summed E-state index contributed by atoms with van der Waals surface area (Å²) in [5.74, 6) is -0.219. The van der Waals surface area contributed by atoms with Gasteiger partial charge in [0.1, 0.15) is 5.76 Å². The first-order valence-electron chi connectivity index (χ1n) is 2.56. The van der Waals surface area contributed by atoms with Gasteiger partial charge < -0.3 is 10.2 Å². The molecule has 0 radical (unpaired) electrons. The van der Waals surface area contributed by atoms with Crippen LogP contribution in [-0.4, -0.2) is 10.2 Å². The van der Waals surface area contributed by atoms with Crippen molar-refractivity contribution < 1.29 is 10.2 Å². The topological polar surface area (TPSA) is 40.5 Å². The largest absolute Gasteiger partial charge is 0.509 e. The smallest absolute Gasteiger partial charge is 0.152 e. The van der Waals surface area contributed by atoms with E-state index in [1.165, 1.54) is 25.2 Å². The summed E-state index contributed by atoms with van der Waals surface area (Å²) in [5.41, 5.74) is 0. The quantitative estimate of drug-likeness (QED) is 0.439. The number of hydrogen-bond acceptors (Lipinski definition) is 2. The van der Waals surface area contributed by atoms with E-state index in [4.69, 9.17) is 10.2 Å². The highest BCUT2D eigenvalue weighted by atomic mass is 16.3. The first kappa shape index (κ1) is 7.82. The third-order valence-corrected chi connectivity index (χ3v) is 0.761. The molecule has 0 spiro atoms. The molecular weight excluding hydrogens is 116 g/mol. The van der Waals surface area contributed by atoms with E-state index >= 15 is 0 Å². The summed E-state index contributed by atoms with van der Waals surface area (Å²) in [6.07, 6.45) is 4.41. The number of hydrogen-bond donors (Lipinski definition) is 2. The van der Waals surface area contributed by atoms with Gasteiger partial charge in [-0.15, -0.1) is 0 Å². The van der Waals surface area contributed by atoms with Crippen molar-refractivity contribution in [3.63, 3.8) is 0 Å². The summed E-state index contributed by atoms with van der Waals surface area (Å²) in [6.45, 7) is 4.80. The number of aliphatic hydroxyl groups excluding tert-OH is 2. The van der Waals surface area contributed by atoms with E-state index in [1.54, 1.807) is 0 Å². The molecule has 0 bridgehead atoms. The average Bonchev–Trinajstić information content (AvgIpc) is 1.82. The van der Waals surface area contributed by atoms with Gasteiger partial charge in [-0.2, -0.15) is 0 Å². The van der Waals surface area contributed by atoms with Crippen molar-refractivity contribution in [1.82, 2.24) is 0 Å². The van der Waals surface area contributed by atoms with E-state index in [0.717, 1.165) is 0 Å². The minimum atomic E-state index is -0.130. The molecule has 50 valence electrons. The molecule has 0 heterocycles. The zero-order chi connectivity index (χ0) is 7.28. The zero-order valence-electron chi connectivity index (χ0n) is 5.33. The molecule has 0 saturated carbocycles. The maximum Gasteiger partial charge on any atom is 0.152 e. The van der Waals surface area contributed by atoms with Gasteiger partial charge in [0.05, 0.1) is 0 Å². The zero-order valence-corrected chi connectivity index (χ0v) is 5.33. The molecule has 0 aromatic heterocycles. The van der Waals surface area contributed by atoms with Crippen LogP contribution < -0.4 is 0 Å². The molecule has 0 fully saturated rings. The van der Waals surface area contributed by atoms with Crippen LogP contribution in [-0.2, 0) is 0 Å². The van der Waals surface area contributed by atoms with E-state index in [1.807, 2.05) is 0 Å². The van der Waals surface area contributed by atoms with Crippen LogP contribution in [0.15, 0.2) is 36.3 Å². The molecule has 0 amide bonds. The molecule has 2 N–H and O–H groups in total. The summed E-state index contributed by atoms with van der Waals surface area (Å²) in [7, 11) is 0. The lowest BCUT2D eigenvalue weighted by atomic mass is 10.4. The molecule has 0 unspecified atom stereocenters. The predicted molar refractivity (Wildman–Crippen MR) is 37.3 cm³/mol. The Morgan fingerprint density at radius 2 is 2.00 bits per heavy atom. The minimum Gasteiger partial charge on any atom is -0.509 e. The molecule has 0 aliphatic rings. The second-order valence-electron chi connectivity index (χ2n) is 1.57. The van der Waals surface area contributed by atoms with Crippen molar-refractivity contribution in [3.8, 4) is 0 Å². The van der Waals surface area contributed by atoms with Crippen LogP contribution in [0, 0.1) is 0 Å². The number of rotatable bonds is 2. The SMILES string of the molecule is C=C/C=C\C(O)=C(/C)O.